The Kier molecular flexibility index (Phi) is 6.23. The molecule has 29 heavy (non-hydrogen) atoms. The summed E-state index contributed by atoms with van der Waals surface area (Å²) in [6.07, 6.45) is 0. The molecule has 0 unspecified atom stereocenters. The molecule has 1 aromatic carbocycles. The third-order valence-corrected chi connectivity index (χ3v) is 5.41. The summed E-state index contributed by atoms with van der Waals surface area (Å²) in [6, 6.07) is 6.48. The molecule has 0 atom stereocenters. The Morgan fingerprint density at radius 3 is 2.76 bits per heavy atom. The molecule has 1 amide bonds. The van der Waals surface area contributed by atoms with Gasteiger partial charge < -0.3 is 9.30 Å². The molecule has 3 rings (SSSR count). The Hall–Kier alpha value is -2.85. The van der Waals surface area contributed by atoms with E-state index in [1.165, 1.54) is 23.5 Å². The number of hydrogen-bond donors (Lipinski definition) is 0. The Labute approximate surface area is 171 Å². The zero-order valence-electron chi connectivity index (χ0n) is 16.8. The van der Waals surface area contributed by atoms with Crippen LogP contribution in [0.2, 0.25) is 0 Å². The molecule has 0 aliphatic heterocycles. The van der Waals surface area contributed by atoms with Crippen LogP contribution in [-0.2, 0) is 11.3 Å². The van der Waals surface area contributed by atoms with Crippen molar-refractivity contribution in [3.8, 4) is 0 Å². The summed E-state index contributed by atoms with van der Waals surface area (Å²) in [5.74, 6) is -0.446. The molecule has 0 radical (unpaired) electrons. The van der Waals surface area contributed by atoms with E-state index in [0.717, 1.165) is 11.2 Å². The number of aryl methyl sites for hydroxylation is 1. The van der Waals surface area contributed by atoms with Gasteiger partial charge in [0.05, 0.1) is 21.7 Å². The SMILES string of the molecule is CCOCCn1c(=NC(=O)c2cc(C)n(C(C)C)n2)sc2cc([N+](=O)[O-])ccc21. The van der Waals surface area contributed by atoms with E-state index in [1.807, 2.05) is 32.3 Å². The van der Waals surface area contributed by atoms with Crippen molar-refractivity contribution in [1.82, 2.24) is 14.3 Å². The molecule has 2 aromatic heterocycles. The van der Waals surface area contributed by atoms with E-state index in [0.29, 0.717) is 29.3 Å². The lowest BCUT2D eigenvalue weighted by atomic mass is 10.3. The highest BCUT2D eigenvalue weighted by molar-refractivity contribution is 7.16. The molecule has 2 heterocycles. The first kappa shape index (κ1) is 20.9. The number of nitro groups is 1. The number of amides is 1. The number of ether oxygens (including phenoxy) is 1. The molecule has 0 N–H and O–H groups in total. The highest BCUT2D eigenvalue weighted by atomic mass is 32.1. The Morgan fingerprint density at radius 2 is 2.14 bits per heavy atom. The predicted molar refractivity (Wildman–Crippen MR) is 110 cm³/mol. The fraction of sp³-hybridized carbons (Fsp3) is 0.421. The number of rotatable bonds is 7. The summed E-state index contributed by atoms with van der Waals surface area (Å²) in [4.78, 5) is 28.1. The van der Waals surface area contributed by atoms with Gasteiger partial charge in [0.2, 0.25) is 0 Å². The van der Waals surface area contributed by atoms with Gasteiger partial charge in [0.1, 0.15) is 0 Å². The summed E-state index contributed by atoms with van der Waals surface area (Å²) in [5, 5.41) is 15.5. The smallest absolute Gasteiger partial charge is 0.300 e. The van der Waals surface area contributed by atoms with Gasteiger partial charge in [-0.1, -0.05) is 11.3 Å². The minimum atomic E-state index is -0.446. The molecule has 0 aliphatic rings. The standard InChI is InChI=1S/C19H23N5O4S/c1-5-28-9-8-22-16-7-6-14(24(26)27)11-17(16)29-19(22)20-18(25)15-10-13(4)23(21-15)12(2)3/h6-7,10-12H,5,8-9H2,1-4H3. The molecular formula is C19H23N5O4S. The van der Waals surface area contributed by atoms with Crippen LogP contribution in [0.25, 0.3) is 10.2 Å². The highest BCUT2D eigenvalue weighted by Gasteiger charge is 2.16. The van der Waals surface area contributed by atoms with Crippen LogP contribution in [0.4, 0.5) is 5.69 Å². The first-order chi connectivity index (χ1) is 13.8. The first-order valence-electron chi connectivity index (χ1n) is 9.32. The number of fused-ring (bicyclic) bond motifs is 1. The number of carbonyl (C=O) groups excluding carboxylic acids is 1. The van der Waals surface area contributed by atoms with E-state index in [-0.39, 0.29) is 17.4 Å². The average molecular weight is 417 g/mol. The highest BCUT2D eigenvalue weighted by Crippen LogP contribution is 2.23. The van der Waals surface area contributed by atoms with Crippen LogP contribution in [0, 0.1) is 17.0 Å². The number of aromatic nitrogens is 3. The predicted octanol–water partition coefficient (Wildman–Crippen LogP) is 3.47. The maximum Gasteiger partial charge on any atom is 0.300 e. The van der Waals surface area contributed by atoms with Crippen molar-refractivity contribution in [3.63, 3.8) is 0 Å². The molecule has 9 nitrogen and oxygen atoms in total. The number of nitrogens with zero attached hydrogens (tertiary/aromatic N) is 5. The minimum Gasteiger partial charge on any atom is -0.380 e. The van der Waals surface area contributed by atoms with Gasteiger partial charge in [-0.2, -0.15) is 10.1 Å². The van der Waals surface area contributed by atoms with Crippen molar-refractivity contribution in [2.24, 2.45) is 4.99 Å². The van der Waals surface area contributed by atoms with Crippen molar-refractivity contribution in [2.45, 2.75) is 40.3 Å². The molecule has 0 aliphatic carbocycles. The molecule has 0 fully saturated rings. The summed E-state index contributed by atoms with van der Waals surface area (Å²) >= 11 is 1.23. The molecule has 0 bridgehead atoms. The van der Waals surface area contributed by atoms with Gasteiger partial charge in [-0.15, -0.1) is 0 Å². The van der Waals surface area contributed by atoms with E-state index in [1.54, 1.807) is 16.8 Å². The summed E-state index contributed by atoms with van der Waals surface area (Å²) in [5.41, 5.74) is 1.93. The molecule has 0 saturated heterocycles. The lowest BCUT2D eigenvalue weighted by Crippen LogP contribution is -2.20. The van der Waals surface area contributed by atoms with Crippen LogP contribution in [0.15, 0.2) is 29.3 Å². The van der Waals surface area contributed by atoms with Crippen molar-refractivity contribution < 1.29 is 14.5 Å². The molecular weight excluding hydrogens is 394 g/mol. The largest absolute Gasteiger partial charge is 0.380 e. The Morgan fingerprint density at radius 1 is 1.38 bits per heavy atom. The summed E-state index contributed by atoms with van der Waals surface area (Å²) < 4.78 is 9.76. The van der Waals surface area contributed by atoms with E-state index in [2.05, 4.69) is 10.1 Å². The van der Waals surface area contributed by atoms with Crippen LogP contribution in [0.5, 0.6) is 0 Å². The topological polar surface area (TPSA) is 105 Å². The Balaban J connectivity index is 2.07. The van der Waals surface area contributed by atoms with Crippen LogP contribution >= 0.6 is 11.3 Å². The maximum absolute atomic E-state index is 12.7. The third kappa shape index (κ3) is 4.43. The monoisotopic (exact) mass is 417 g/mol. The molecule has 10 heteroatoms. The van der Waals surface area contributed by atoms with E-state index in [9.17, 15) is 14.9 Å². The van der Waals surface area contributed by atoms with Gasteiger partial charge in [-0.25, -0.2) is 0 Å². The normalized spacial score (nSPS) is 12.2. The van der Waals surface area contributed by atoms with E-state index < -0.39 is 10.8 Å². The molecule has 0 spiro atoms. The lowest BCUT2D eigenvalue weighted by molar-refractivity contribution is -0.384. The maximum atomic E-state index is 12.7. The number of hydrogen-bond acceptors (Lipinski definition) is 6. The minimum absolute atomic E-state index is 0.000106. The van der Waals surface area contributed by atoms with Crippen molar-refractivity contribution in [2.75, 3.05) is 13.2 Å². The fourth-order valence-corrected chi connectivity index (χ4v) is 4.12. The van der Waals surface area contributed by atoms with Crippen molar-refractivity contribution in [3.05, 3.63) is 50.6 Å². The zero-order valence-corrected chi connectivity index (χ0v) is 17.6. The molecule has 154 valence electrons. The van der Waals surface area contributed by atoms with Gasteiger partial charge in [0, 0.05) is 37.0 Å². The second-order valence-corrected chi connectivity index (χ2v) is 7.78. The van der Waals surface area contributed by atoms with Crippen molar-refractivity contribution >= 4 is 33.1 Å². The van der Waals surface area contributed by atoms with Crippen LogP contribution in [-0.4, -0.2) is 38.4 Å². The first-order valence-corrected chi connectivity index (χ1v) is 10.1. The summed E-state index contributed by atoms with van der Waals surface area (Å²) in [6.45, 7) is 9.29. The second kappa shape index (κ2) is 8.66. The number of non-ortho nitro benzene ring substituents is 1. The Bertz CT molecular complexity index is 1130. The number of carbonyl (C=O) groups is 1. The third-order valence-electron chi connectivity index (χ3n) is 4.37. The van der Waals surface area contributed by atoms with Crippen LogP contribution in [0.3, 0.4) is 0 Å². The van der Waals surface area contributed by atoms with Gasteiger partial charge in [0.15, 0.2) is 10.5 Å². The fourth-order valence-electron chi connectivity index (χ4n) is 3.04. The van der Waals surface area contributed by atoms with E-state index >= 15 is 0 Å². The molecule has 3 aromatic rings. The van der Waals surface area contributed by atoms with Gasteiger partial charge in [0.25, 0.3) is 11.6 Å². The van der Waals surface area contributed by atoms with Gasteiger partial charge in [-0.3, -0.25) is 19.6 Å². The van der Waals surface area contributed by atoms with Gasteiger partial charge >= 0.3 is 0 Å². The lowest BCUT2D eigenvalue weighted by Gasteiger charge is -2.06. The summed E-state index contributed by atoms with van der Waals surface area (Å²) in [7, 11) is 0. The van der Waals surface area contributed by atoms with Crippen molar-refractivity contribution in [1.29, 1.82) is 0 Å². The molecule has 0 saturated carbocycles. The number of nitro benzene ring substituents is 1. The van der Waals surface area contributed by atoms with Crippen LogP contribution in [0.1, 0.15) is 43.0 Å². The second-order valence-electron chi connectivity index (χ2n) is 6.77. The average Bonchev–Trinajstić information content (AvgIpc) is 3.22. The van der Waals surface area contributed by atoms with Gasteiger partial charge in [-0.05, 0) is 39.8 Å². The zero-order chi connectivity index (χ0) is 21.1. The quantitative estimate of drug-likeness (QED) is 0.332. The van der Waals surface area contributed by atoms with E-state index in [4.69, 9.17) is 4.74 Å². The van der Waals surface area contributed by atoms with Crippen LogP contribution < -0.4 is 4.80 Å². The number of thiazole rings is 1. The number of benzene rings is 1.